The van der Waals surface area contributed by atoms with Crippen LogP contribution in [0.15, 0.2) is 30.6 Å². The van der Waals surface area contributed by atoms with Crippen LogP contribution >= 0.6 is 0 Å². The minimum atomic E-state index is -1.06. The number of halogens is 2. The molecule has 0 radical (unpaired) electrons. The number of aromatic nitrogens is 2. The highest BCUT2D eigenvalue weighted by atomic mass is 19.2. The third kappa shape index (κ3) is 3.24. The number of amides is 1. The molecule has 5 nitrogen and oxygen atoms in total. The Balaban J connectivity index is 1.80. The fraction of sp³-hybridized carbons (Fsp3) is 0.375. The number of nitrogens with one attached hydrogen (secondary N) is 1. The second kappa shape index (κ2) is 6.08. The van der Waals surface area contributed by atoms with Crippen molar-refractivity contribution >= 4 is 5.91 Å². The third-order valence-electron chi connectivity index (χ3n) is 4.17. The number of benzene rings is 1. The highest BCUT2D eigenvalue weighted by molar-refractivity contribution is 5.94. The van der Waals surface area contributed by atoms with Crippen LogP contribution in [0.4, 0.5) is 8.78 Å². The van der Waals surface area contributed by atoms with Gasteiger partial charge in [0.2, 0.25) is 0 Å². The van der Waals surface area contributed by atoms with Crippen LogP contribution in [0.2, 0.25) is 0 Å². The van der Waals surface area contributed by atoms with E-state index in [1.165, 1.54) is 6.07 Å². The zero-order valence-corrected chi connectivity index (χ0v) is 12.5. The maximum atomic E-state index is 13.3. The molecular weight excluding hydrogens is 304 g/mol. The average molecular weight is 321 g/mol. The second-order valence-electron chi connectivity index (χ2n) is 5.91. The highest BCUT2D eigenvalue weighted by Gasteiger charge is 2.36. The van der Waals surface area contributed by atoms with Crippen molar-refractivity contribution in [2.24, 2.45) is 13.0 Å². The lowest BCUT2D eigenvalue weighted by Gasteiger charge is -2.37. The Labute approximate surface area is 131 Å². The van der Waals surface area contributed by atoms with Gasteiger partial charge in [-0.1, -0.05) is 0 Å². The molecule has 122 valence electrons. The largest absolute Gasteiger partial charge is 0.393 e. The molecule has 0 spiro atoms. The normalized spacial score (nSPS) is 21.6. The van der Waals surface area contributed by atoms with Gasteiger partial charge in [-0.2, -0.15) is 5.10 Å². The Morgan fingerprint density at radius 3 is 2.70 bits per heavy atom. The van der Waals surface area contributed by atoms with E-state index in [-0.39, 0.29) is 23.6 Å². The summed E-state index contributed by atoms with van der Waals surface area (Å²) in [6, 6.07) is 2.72. The van der Waals surface area contributed by atoms with Crippen LogP contribution in [0, 0.1) is 17.6 Å². The van der Waals surface area contributed by atoms with Crippen molar-refractivity contribution in [3.05, 3.63) is 53.4 Å². The molecule has 7 heteroatoms. The minimum absolute atomic E-state index is 0.0534. The highest BCUT2D eigenvalue weighted by Crippen LogP contribution is 2.38. The van der Waals surface area contributed by atoms with Gasteiger partial charge in [0.15, 0.2) is 11.6 Å². The van der Waals surface area contributed by atoms with E-state index >= 15 is 0 Å². The van der Waals surface area contributed by atoms with E-state index in [1.807, 2.05) is 0 Å². The fourth-order valence-electron chi connectivity index (χ4n) is 2.84. The van der Waals surface area contributed by atoms with Gasteiger partial charge in [-0.25, -0.2) is 8.78 Å². The van der Waals surface area contributed by atoms with Gasteiger partial charge < -0.3 is 10.4 Å². The topological polar surface area (TPSA) is 67.2 Å². The summed E-state index contributed by atoms with van der Waals surface area (Å²) in [6.45, 7) is 0. The number of aliphatic hydroxyl groups is 1. The molecule has 3 rings (SSSR count). The first-order valence-electron chi connectivity index (χ1n) is 7.36. The lowest BCUT2D eigenvalue weighted by Crippen LogP contribution is -2.41. The Kier molecular flexibility index (Phi) is 4.12. The predicted molar refractivity (Wildman–Crippen MR) is 78.5 cm³/mol. The molecule has 1 aromatic heterocycles. The Morgan fingerprint density at radius 1 is 1.39 bits per heavy atom. The van der Waals surface area contributed by atoms with Crippen molar-refractivity contribution in [2.45, 2.75) is 25.0 Å². The van der Waals surface area contributed by atoms with Crippen LogP contribution < -0.4 is 5.32 Å². The number of carbonyl (C=O) groups excluding carboxylic acids is 1. The summed E-state index contributed by atoms with van der Waals surface area (Å²) in [5.74, 6) is -2.45. The molecule has 0 aliphatic heterocycles. The maximum Gasteiger partial charge on any atom is 0.251 e. The van der Waals surface area contributed by atoms with Crippen LogP contribution in [-0.2, 0) is 7.05 Å². The van der Waals surface area contributed by atoms with E-state index in [0.29, 0.717) is 12.8 Å². The lowest BCUT2D eigenvalue weighted by molar-refractivity contribution is 0.0235. The van der Waals surface area contributed by atoms with Gasteiger partial charge in [-0.3, -0.25) is 9.48 Å². The molecule has 2 N–H and O–H groups in total. The molecule has 1 aliphatic carbocycles. The molecule has 1 aliphatic rings. The van der Waals surface area contributed by atoms with Crippen molar-refractivity contribution in [1.29, 1.82) is 0 Å². The molecule has 0 saturated heterocycles. The van der Waals surface area contributed by atoms with Crippen LogP contribution in [0.3, 0.4) is 0 Å². The first kappa shape index (κ1) is 15.6. The molecule has 1 fully saturated rings. The summed E-state index contributed by atoms with van der Waals surface area (Å²) in [5, 5.41) is 16.4. The SMILES string of the molecule is Cn1cc([C@H](NC(=O)c2ccc(F)c(F)c2)C2CC(O)C2)cn1. The Morgan fingerprint density at radius 2 is 2.13 bits per heavy atom. The fourth-order valence-corrected chi connectivity index (χ4v) is 2.84. The smallest absolute Gasteiger partial charge is 0.251 e. The van der Waals surface area contributed by atoms with E-state index in [1.54, 1.807) is 24.1 Å². The third-order valence-corrected chi connectivity index (χ3v) is 4.17. The summed E-state index contributed by atoms with van der Waals surface area (Å²) in [7, 11) is 1.77. The monoisotopic (exact) mass is 321 g/mol. The number of aryl methyl sites for hydroxylation is 1. The zero-order valence-electron chi connectivity index (χ0n) is 12.5. The van der Waals surface area contributed by atoms with Crippen LogP contribution in [0.1, 0.15) is 34.8 Å². The van der Waals surface area contributed by atoms with E-state index in [4.69, 9.17) is 0 Å². The van der Waals surface area contributed by atoms with Crippen LogP contribution in [0.25, 0.3) is 0 Å². The van der Waals surface area contributed by atoms with Crippen molar-refractivity contribution < 1.29 is 18.7 Å². The summed E-state index contributed by atoms with van der Waals surface area (Å²) in [6.07, 6.45) is 4.25. The molecule has 0 bridgehead atoms. The second-order valence-corrected chi connectivity index (χ2v) is 5.91. The summed E-state index contributed by atoms with van der Waals surface area (Å²) >= 11 is 0. The lowest BCUT2D eigenvalue weighted by atomic mass is 9.75. The molecular formula is C16H17F2N3O2. The van der Waals surface area contributed by atoms with E-state index in [0.717, 1.165) is 17.7 Å². The quantitative estimate of drug-likeness (QED) is 0.904. The van der Waals surface area contributed by atoms with Gasteiger partial charge in [0.1, 0.15) is 0 Å². The minimum Gasteiger partial charge on any atom is -0.393 e. The maximum absolute atomic E-state index is 13.3. The van der Waals surface area contributed by atoms with Crippen molar-refractivity contribution in [3.63, 3.8) is 0 Å². The van der Waals surface area contributed by atoms with Crippen LogP contribution in [0.5, 0.6) is 0 Å². The number of nitrogens with zero attached hydrogens (tertiary/aromatic N) is 2. The molecule has 23 heavy (non-hydrogen) atoms. The van der Waals surface area contributed by atoms with Gasteiger partial charge in [0, 0.05) is 24.4 Å². The van der Waals surface area contributed by atoms with E-state index in [9.17, 15) is 18.7 Å². The number of carbonyl (C=O) groups is 1. The number of aliphatic hydroxyl groups excluding tert-OH is 1. The Hall–Kier alpha value is -2.28. The summed E-state index contributed by atoms with van der Waals surface area (Å²) in [5.41, 5.74) is 0.873. The molecule has 1 saturated carbocycles. The van der Waals surface area contributed by atoms with Gasteiger partial charge in [-0.05, 0) is 37.0 Å². The molecule has 2 aromatic rings. The van der Waals surface area contributed by atoms with Gasteiger partial charge in [-0.15, -0.1) is 0 Å². The first-order valence-corrected chi connectivity index (χ1v) is 7.36. The number of hydrogen-bond donors (Lipinski definition) is 2. The number of rotatable bonds is 4. The molecule has 1 amide bonds. The van der Waals surface area contributed by atoms with Crippen molar-refractivity contribution in [2.75, 3.05) is 0 Å². The summed E-state index contributed by atoms with van der Waals surface area (Å²) in [4.78, 5) is 12.3. The molecule has 1 atom stereocenters. The first-order chi connectivity index (χ1) is 10.9. The standard InChI is InChI=1S/C16H17F2N3O2/c1-21-8-11(7-19-21)15(10-4-12(22)5-10)20-16(23)9-2-3-13(17)14(18)6-9/h2-3,6-8,10,12,15,22H,4-5H2,1H3,(H,20,23)/t10?,12?,15-/m1/s1. The van der Waals surface area contributed by atoms with Gasteiger partial charge in [0.25, 0.3) is 5.91 Å². The van der Waals surface area contributed by atoms with Crippen molar-refractivity contribution in [3.8, 4) is 0 Å². The zero-order chi connectivity index (χ0) is 16.6. The average Bonchev–Trinajstić information content (AvgIpc) is 2.91. The predicted octanol–water partition coefficient (Wildman–Crippen LogP) is 1.94. The Bertz CT molecular complexity index is 726. The molecule has 0 unspecified atom stereocenters. The van der Waals surface area contributed by atoms with Crippen LogP contribution in [-0.4, -0.2) is 26.9 Å². The number of hydrogen-bond acceptors (Lipinski definition) is 3. The molecule has 1 aromatic carbocycles. The molecule has 1 heterocycles. The van der Waals surface area contributed by atoms with E-state index < -0.39 is 17.5 Å². The van der Waals surface area contributed by atoms with Gasteiger partial charge >= 0.3 is 0 Å². The van der Waals surface area contributed by atoms with E-state index in [2.05, 4.69) is 10.4 Å². The summed E-state index contributed by atoms with van der Waals surface area (Å²) < 4.78 is 27.9. The van der Waals surface area contributed by atoms with Gasteiger partial charge in [0.05, 0.1) is 18.3 Å². The van der Waals surface area contributed by atoms with Crippen molar-refractivity contribution in [1.82, 2.24) is 15.1 Å².